The molecule has 96 valence electrons. The Bertz CT molecular complexity index is 576. The van der Waals surface area contributed by atoms with Crippen molar-refractivity contribution < 1.29 is 4.79 Å². The van der Waals surface area contributed by atoms with Gasteiger partial charge in [-0.1, -0.05) is 42.5 Å². The summed E-state index contributed by atoms with van der Waals surface area (Å²) in [5, 5.41) is 5.44. The minimum atomic E-state index is -0.252. The van der Waals surface area contributed by atoms with E-state index in [4.69, 9.17) is 0 Å². The van der Waals surface area contributed by atoms with Crippen molar-refractivity contribution >= 4 is 17.8 Å². The summed E-state index contributed by atoms with van der Waals surface area (Å²) in [5.41, 5.74) is 2.93. The molecule has 3 heteroatoms. The van der Waals surface area contributed by atoms with Crippen LogP contribution in [0.5, 0.6) is 0 Å². The number of hydrogen-bond acceptors (Lipinski definition) is 1. The maximum absolute atomic E-state index is 11.6. The molecule has 2 aromatic rings. The van der Waals surface area contributed by atoms with Crippen LogP contribution in [-0.4, -0.2) is 6.03 Å². The highest BCUT2D eigenvalue weighted by Gasteiger charge is 1.98. The van der Waals surface area contributed by atoms with Gasteiger partial charge in [-0.25, -0.2) is 4.79 Å². The highest BCUT2D eigenvalue weighted by atomic mass is 16.2. The smallest absolute Gasteiger partial charge is 0.314 e. The van der Waals surface area contributed by atoms with Crippen molar-refractivity contribution in [1.82, 2.24) is 5.32 Å². The Balaban J connectivity index is 1.87. The molecule has 19 heavy (non-hydrogen) atoms. The van der Waals surface area contributed by atoms with Crippen molar-refractivity contribution in [2.45, 2.75) is 6.92 Å². The van der Waals surface area contributed by atoms with Gasteiger partial charge >= 0.3 is 6.03 Å². The second-order valence-corrected chi connectivity index (χ2v) is 4.21. The van der Waals surface area contributed by atoms with Crippen molar-refractivity contribution in [2.75, 3.05) is 5.32 Å². The Labute approximate surface area is 113 Å². The Morgan fingerprint density at radius 2 is 1.84 bits per heavy atom. The van der Waals surface area contributed by atoms with Crippen molar-refractivity contribution in [3.8, 4) is 0 Å². The minimum Gasteiger partial charge on any atom is -0.314 e. The molecule has 0 bridgehead atoms. The number of rotatable bonds is 3. The van der Waals surface area contributed by atoms with Gasteiger partial charge in [-0.3, -0.25) is 0 Å². The van der Waals surface area contributed by atoms with Crippen LogP contribution in [0.2, 0.25) is 0 Å². The molecule has 2 rings (SSSR count). The average Bonchev–Trinajstić information content (AvgIpc) is 2.40. The lowest BCUT2D eigenvalue weighted by Gasteiger charge is -2.05. The lowest BCUT2D eigenvalue weighted by atomic mass is 10.2. The monoisotopic (exact) mass is 252 g/mol. The summed E-state index contributed by atoms with van der Waals surface area (Å²) in [7, 11) is 0. The first-order chi connectivity index (χ1) is 9.24. The van der Waals surface area contributed by atoms with Gasteiger partial charge < -0.3 is 10.6 Å². The summed E-state index contributed by atoms with van der Waals surface area (Å²) < 4.78 is 0. The van der Waals surface area contributed by atoms with E-state index in [1.165, 1.54) is 0 Å². The normalized spacial score (nSPS) is 10.4. The molecule has 0 radical (unpaired) electrons. The number of carbonyl (C=O) groups excluding carboxylic acids is 1. The number of nitrogens with one attached hydrogen (secondary N) is 2. The average molecular weight is 252 g/mol. The number of anilines is 1. The van der Waals surface area contributed by atoms with Crippen LogP contribution in [-0.2, 0) is 0 Å². The largest absolute Gasteiger partial charge is 0.323 e. The molecule has 3 nitrogen and oxygen atoms in total. The van der Waals surface area contributed by atoms with Crippen LogP contribution >= 0.6 is 0 Å². The van der Waals surface area contributed by atoms with Crippen LogP contribution in [0, 0.1) is 6.92 Å². The van der Waals surface area contributed by atoms with Crippen LogP contribution < -0.4 is 10.6 Å². The Kier molecular flexibility index (Phi) is 4.34. The number of hydrogen-bond donors (Lipinski definition) is 2. The van der Waals surface area contributed by atoms with E-state index in [1.54, 1.807) is 6.20 Å². The lowest BCUT2D eigenvalue weighted by molar-refractivity contribution is 0.255. The molecule has 0 aromatic heterocycles. The fourth-order valence-electron chi connectivity index (χ4n) is 1.67. The number of carbonyl (C=O) groups is 1. The van der Waals surface area contributed by atoms with Crippen molar-refractivity contribution in [2.24, 2.45) is 0 Å². The summed E-state index contributed by atoms with van der Waals surface area (Å²) in [6, 6.07) is 17.2. The first kappa shape index (κ1) is 12.9. The van der Waals surface area contributed by atoms with Gasteiger partial charge in [-0.2, -0.15) is 0 Å². The fraction of sp³-hybridized carbons (Fsp3) is 0.0625. The number of urea groups is 1. The zero-order valence-electron chi connectivity index (χ0n) is 10.8. The van der Waals surface area contributed by atoms with E-state index in [9.17, 15) is 4.79 Å². The number of aryl methyl sites for hydroxylation is 1. The van der Waals surface area contributed by atoms with Crippen LogP contribution in [0.1, 0.15) is 11.1 Å². The van der Waals surface area contributed by atoms with E-state index in [1.807, 2.05) is 67.6 Å². The van der Waals surface area contributed by atoms with Gasteiger partial charge in [-0.05, 0) is 36.3 Å². The molecule has 0 spiro atoms. The second-order valence-electron chi connectivity index (χ2n) is 4.21. The minimum absolute atomic E-state index is 0.252. The van der Waals surface area contributed by atoms with Gasteiger partial charge in [0.1, 0.15) is 0 Å². The van der Waals surface area contributed by atoms with Gasteiger partial charge in [0.25, 0.3) is 0 Å². The molecular formula is C16H16N2O. The zero-order valence-corrected chi connectivity index (χ0v) is 10.8. The molecule has 2 amide bonds. The summed E-state index contributed by atoms with van der Waals surface area (Å²) in [5.74, 6) is 0. The van der Waals surface area contributed by atoms with E-state index in [0.717, 1.165) is 16.8 Å². The molecule has 0 fully saturated rings. The van der Waals surface area contributed by atoms with Gasteiger partial charge in [0, 0.05) is 11.9 Å². The molecule has 2 N–H and O–H groups in total. The van der Waals surface area contributed by atoms with Crippen LogP contribution in [0.15, 0.2) is 60.8 Å². The van der Waals surface area contributed by atoms with Gasteiger partial charge in [0.05, 0.1) is 0 Å². The predicted octanol–water partition coefficient (Wildman–Crippen LogP) is 3.79. The predicted molar refractivity (Wildman–Crippen MR) is 78.8 cm³/mol. The van der Waals surface area contributed by atoms with E-state index in [-0.39, 0.29) is 6.03 Å². The molecule has 0 saturated carbocycles. The standard InChI is InChI=1S/C16H16N2O/c1-13-6-5-9-15(12-13)18-16(19)17-11-10-14-7-3-2-4-8-14/h2-12H,1H3,(H2,17,18,19)/b11-10+. The van der Waals surface area contributed by atoms with E-state index in [0.29, 0.717) is 0 Å². The second kappa shape index (κ2) is 6.40. The fourth-order valence-corrected chi connectivity index (χ4v) is 1.67. The molecule has 0 aliphatic heterocycles. The Morgan fingerprint density at radius 3 is 2.58 bits per heavy atom. The molecule has 2 aromatic carbocycles. The molecule has 0 heterocycles. The Hall–Kier alpha value is -2.55. The lowest BCUT2D eigenvalue weighted by Crippen LogP contribution is -2.23. The van der Waals surface area contributed by atoms with Crippen LogP contribution in [0.4, 0.5) is 10.5 Å². The molecule has 0 aliphatic rings. The Morgan fingerprint density at radius 1 is 1.05 bits per heavy atom. The molecule has 0 unspecified atom stereocenters. The molecular weight excluding hydrogens is 236 g/mol. The van der Waals surface area contributed by atoms with Crippen molar-refractivity contribution in [3.05, 3.63) is 71.9 Å². The summed E-state index contributed by atoms with van der Waals surface area (Å²) in [4.78, 5) is 11.6. The van der Waals surface area contributed by atoms with Crippen molar-refractivity contribution in [3.63, 3.8) is 0 Å². The first-order valence-corrected chi connectivity index (χ1v) is 6.10. The topological polar surface area (TPSA) is 41.1 Å². The first-order valence-electron chi connectivity index (χ1n) is 6.10. The summed E-state index contributed by atoms with van der Waals surface area (Å²) in [6.07, 6.45) is 3.47. The highest BCUT2D eigenvalue weighted by Crippen LogP contribution is 2.09. The number of benzene rings is 2. The third-order valence-electron chi connectivity index (χ3n) is 2.57. The van der Waals surface area contributed by atoms with Crippen LogP contribution in [0.3, 0.4) is 0 Å². The van der Waals surface area contributed by atoms with Gasteiger partial charge in [0.2, 0.25) is 0 Å². The molecule has 0 atom stereocenters. The van der Waals surface area contributed by atoms with E-state index < -0.39 is 0 Å². The van der Waals surface area contributed by atoms with Crippen LogP contribution in [0.25, 0.3) is 6.08 Å². The maximum Gasteiger partial charge on any atom is 0.323 e. The third kappa shape index (κ3) is 4.32. The maximum atomic E-state index is 11.6. The van der Waals surface area contributed by atoms with Gasteiger partial charge in [-0.15, -0.1) is 0 Å². The highest BCUT2D eigenvalue weighted by molar-refractivity contribution is 5.90. The SMILES string of the molecule is Cc1cccc(NC(=O)N/C=C/c2ccccc2)c1. The molecule has 0 saturated heterocycles. The summed E-state index contributed by atoms with van der Waals surface area (Å²) in [6.45, 7) is 1.98. The van der Waals surface area contributed by atoms with Crippen molar-refractivity contribution in [1.29, 1.82) is 0 Å². The molecule has 0 aliphatic carbocycles. The van der Waals surface area contributed by atoms with Gasteiger partial charge in [0.15, 0.2) is 0 Å². The zero-order chi connectivity index (χ0) is 13.5. The number of amides is 2. The van der Waals surface area contributed by atoms with E-state index in [2.05, 4.69) is 10.6 Å². The van der Waals surface area contributed by atoms with E-state index >= 15 is 0 Å². The third-order valence-corrected chi connectivity index (χ3v) is 2.57. The quantitative estimate of drug-likeness (QED) is 0.857. The summed E-state index contributed by atoms with van der Waals surface area (Å²) >= 11 is 0.